The van der Waals surface area contributed by atoms with Gasteiger partial charge in [-0.1, -0.05) is 12.5 Å². The molecular weight excluding hydrogens is 518 g/mol. The van der Waals surface area contributed by atoms with Crippen LogP contribution in [-0.2, 0) is 20.8 Å². The molecule has 2 aromatic carbocycles. The summed E-state index contributed by atoms with van der Waals surface area (Å²) in [5, 5.41) is 17.4. The first-order valence-corrected chi connectivity index (χ1v) is 13.2. The van der Waals surface area contributed by atoms with Crippen LogP contribution >= 0.6 is 0 Å². The van der Waals surface area contributed by atoms with Crippen LogP contribution in [0, 0.1) is 0 Å². The molecule has 0 unspecified atom stereocenters. The molecule has 0 aliphatic heterocycles. The standard InChI is InChI=1S/C29H37N3O8/c1-17(33)32-21-11-9-18-14-24(38-2)28(39-3)29(40-4)27(18)19-10-12-22(23(34)15-20(19)21)31-16-25(35)30-13-7-5-6-8-26(36)37/h10,12,14-15,21H,5-9,11,13,16H2,1-4H3,(H,30,35)(H,31,34)(H,32,33)(H,36,37)/t21-/m1/s1. The van der Waals surface area contributed by atoms with Crippen LogP contribution < -0.4 is 35.6 Å². The third-order valence-corrected chi connectivity index (χ3v) is 6.74. The molecule has 216 valence electrons. The topological polar surface area (TPSA) is 152 Å². The van der Waals surface area contributed by atoms with Crippen molar-refractivity contribution in [2.24, 2.45) is 0 Å². The van der Waals surface area contributed by atoms with Crippen LogP contribution in [0.15, 0.2) is 29.1 Å². The number of benzene rings is 1. The van der Waals surface area contributed by atoms with Gasteiger partial charge < -0.3 is 35.3 Å². The predicted molar refractivity (Wildman–Crippen MR) is 150 cm³/mol. The molecule has 11 heteroatoms. The molecule has 1 aliphatic carbocycles. The number of amides is 2. The van der Waals surface area contributed by atoms with Crippen molar-refractivity contribution in [3.63, 3.8) is 0 Å². The number of ether oxygens (including phenoxy) is 3. The number of rotatable bonds is 13. The van der Waals surface area contributed by atoms with E-state index in [-0.39, 0.29) is 35.9 Å². The maximum atomic E-state index is 13.3. The van der Waals surface area contributed by atoms with Crippen molar-refractivity contribution >= 4 is 23.5 Å². The van der Waals surface area contributed by atoms with E-state index in [1.165, 1.54) is 27.2 Å². The van der Waals surface area contributed by atoms with Crippen LogP contribution in [0.25, 0.3) is 11.1 Å². The number of carbonyl (C=O) groups excluding carboxylic acids is 2. The van der Waals surface area contributed by atoms with E-state index in [1.807, 2.05) is 6.07 Å². The summed E-state index contributed by atoms with van der Waals surface area (Å²) < 4.78 is 16.9. The van der Waals surface area contributed by atoms with Crippen LogP contribution in [0.5, 0.6) is 17.2 Å². The van der Waals surface area contributed by atoms with E-state index in [0.717, 1.165) is 11.1 Å². The van der Waals surface area contributed by atoms with E-state index in [0.29, 0.717) is 67.0 Å². The van der Waals surface area contributed by atoms with Gasteiger partial charge in [0, 0.05) is 25.5 Å². The number of methoxy groups -OCH3 is 3. The maximum Gasteiger partial charge on any atom is 0.303 e. The molecule has 0 saturated heterocycles. The van der Waals surface area contributed by atoms with Gasteiger partial charge in [0.2, 0.25) is 23.0 Å². The Morgan fingerprint density at radius 3 is 2.40 bits per heavy atom. The average molecular weight is 556 g/mol. The summed E-state index contributed by atoms with van der Waals surface area (Å²) in [5.41, 5.74) is 2.88. The fourth-order valence-electron chi connectivity index (χ4n) is 4.90. The minimum Gasteiger partial charge on any atom is -0.493 e. The van der Waals surface area contributed by atoms with Crippen molar-refractivity contribution in [3.8, 4) is 28.4 Å². The summed E-state index contributed by atoms with van der Waals surface area (Å²) in [6.07, 6.45) is 3.15. The van der Waals surface area contributed by atoms with Crippen LogP contribution in [0.3, 0.4) is 0 Å². The minimum atomic E-state index is -0.834. The highest BCUT2D eigenvalue weighted by atomic mass is 16.5. The molecule has 0 spiro atoms. The van der Waals surface area contributed by atoms with Gasteiger partial charge >= 0.3 is 5.97 Å². The molecule has 1 aliphatic rings. The Kier molecular flexibility index (Phi) is 10.7. The van der Waals surface area contributed by atoms with E-state index >= 15 is 0 Å². The van der Waals surface area contributed by atoms with Crippen LogP contribution in [-0.4, -0.2) is 57.3 Å². The zero-order chi connectivity index (χ0) is 29.2. The van der Waals surface area contributed by atoms with E-state index in [2.05, 4.69) is 16.0 Å². The molecule has 0 saturated carbocycles. The maximum absolute atomic E-state index is 13.3. The van der Waals surface area contributed by atoms with Crippen molar-refractivity contribution in [1.82, 2.24) is 10.6 Å². The van der Waals surface area contributed by atoms with Gasteiger partial charge in [0.15, 0.2) is 11.5 Å². The van der Waals surface area contributed by atoms with Gasteiger partial charge in [0.1, 0.15) is 0 Å². The first-order valence-electron chi connectivity index (χ1n) is 13.2. The second-order valence-electron chi connectivity index (χ2n) is 9.50. The molecule has 0 aromatic heterocycles. The highest BCUT2D eigenvalue weighted by Crippen LogP contribution is 2.50. The Morgan fingerprint density at radius 2 is 1.75 bits per heavy atom. The van der Waals surface area contributed by atoms with Crippen LogP contribution in [0.1, 0.15) is 56.2 Å². The number of aliphatic carboxylic acids is 1. The zero-order valence-electron chi connectivity index (χ0n) is 23.3. The highest BCUT2D eigenvalue weighted by Gasteiger charge is 2.29. The number of unbranched alkanes of at least 4 members (excludes halogenated alkanes) is 2. The summed E-state index contributed by atoms with van der Waals surface area (Å²) in [5.74, 6) is 0.0421. The normalized spacial score (nSPS) is 13.7. The van der Waals surface area contributed by atoms with Crippen molar-refractivity contribution < 1.29 is 33.7 Å². The lowest BCUT2D eigenvalue weighted by Crippen LogP contribution is -2.31. The smallest absolute Gasteiger partial charge is 0.303 e. The number of fused-ring (bicyclic) bond motifs is 3. The molecule has 2 aromatic rings. The molecule has 4 N–H and O–H groups in total. The molecule has 40 heavy (non-hydrogen) atoms. The lowest BCUT2D eigenvalue weighted by molar-refractivity contribution is -0.137. The van der Waals surface area contributed by atoms with Gasteiger partial charge in [0.05, 0.1) is 39.6 Å². The highest BCUT2D eigenvalue weighted by molar-refractivity contribution is 5.84. The first-order chi connectivity index (χ1) is 19.2. The molecule has 0 radical (unpaired) electrons. The summed E-state index contributed by atoms with van der Waals surface area (Å²) in [6.45, 7) is 1.74. The predicted octanol–water partition coefficient (Wildman–Crippen LogP) is 3.04. The van der Waals surface area contributed by atoms with E-state index in [9.17, 15) is 19.2 Å². The summed E-state index contributed by atoms with van der Waals surface area (Å²) in [7, 11) is 4.60. The van der Waals surface area contributed by atoms with Gasteiger partial charge in [-0.3, -0.25) is 19.2 Å². The van der Waals surface area contributed by atoms with Crippen molar-refractivity contribution in [2.45, 2.75) is 51.5 Å². The summed E-state index contributed by atoms with van der Waals surface area (Å²) in [4.78, 5) is 48.3. The monoisotopic (exact) mass is 555 g/mol. The van der Waals surface area contributed by atoms with Gasteiger partial charge in [-0.2, -0.15) is 0 Å². The Hall–Kier alpha value is -4.28. The summed E-state index contributed by atoms with van der Waals surface area (Å²) >= 11 is 0. The van der Waals surface area contributed by atoms with Gasteiger partial charge in [-0.25, -0.2) is 0 Å². The van der Waals surface area contributed by atoms with Gasteiger partial charge in [-0.05, 0) is 60.6 Å². The molecule has 0 fully saturated rings. The second kappa shape index (κ2) is 14.2. The molecule has 3 rings (SSSR count). The fourth-order valence-corrected chi connectivity index (χ4v) is 4.90. The molecule has 0 bridgehead atoms. The Labute approximate surface area is 233 Å². The molecule has 2 amide bonds. The number of aryl methyl sites for hydroxylation is 1. The Bertz CT molecular complexity index is 1310. The van der Waals surface area contributed by atoms with E-state index < -0.39 is 12.0 Å². The van der Waals surface area contributed by atoms with Crippen molar-refractivity contribution in [2.75, 3.05) is 39.7 Å². The quantitative estimate of drug-likeness (QED) is 0.273. The summed E-state index contributed by atoms with van der Waals surface area (Å²) in [6, 6.07) is 6.35. The van der Waals surface area contributed by atoms with Gasteiger partial charge in [-0.15, -0.1) is 0 Å². The number of anilines is 1. The number of carbonyl (C=O) groups is 3. The average Bonchev–Trinajstić information content (AvgIpc) is 3.16. The Balaban J connectivity index is 1.93. The van der Waals surface area contributed by atoms with Crippen molar-refractivity contribution in [3.05, 3.63) is 45.6 Å². The molecular formula is C29H37N3O8. The molecule has 0 heterocycles. The minimum absolute atomic E-state index is 0.107. The van der Waals surface area contributed by atoms with Crippen LogP contribution in [0.2, 0.25) is 0 Å². The third-order valence-electron chi connectivity index (χ3n) is 6.74. The third kappa shape index (κ3) is 7.43. The van der Waals surface area contributed by atoms with Gasteiger partial charge in [0.25, 0.3) is 0 Å². The number of hydrogen-bond acceptors (Lipinski definition) is 8. The SMILES string of the molecule is COc1cc2c(c(OC)c1OC)-c1ccc(NCC(=O)NCCCCCC(=O)O)c(=O)cc1[C@H](NC(C)=O)CC2. The number of hydrogen-bond donors (Lipinski definition) is 4. The zero-order valence-corrected chi connectivity index (χ0v) is 23.3. The van der Waals surface area contributed by atoms with Crippen LogP contribution in [0.4, 0.5) is 5.69 Å². The van der Waals surface area contributed by atoms with E-state index in [1.54, 1.807) is 19.2 Å². The number of carboxylic acids is 1. The molecule has 1 atom stereocenters. The Morgan fingerprint density at radius 1 is 1.00 bits per heavy atom. The van der Waals surface area contributed by atoms with E-state index in [4.69, 9.17) is 19.3 Å². The first kappa shape index (κ1) is 30.3. The lowest BCUT2D eigenvalue weighted by atomic mass is 9.95. The van der Waals surface area contributed by atoms with Crippen molar-refractivity contribution in [1.29, 1.82) is 0 Å². The lowest BCUT2D eigenvalue weighted by Gasteiger charge is -2.19. The number of nitrogens with one attached hydrogen (secondary N) is 3. The fraction of sp³-hybridized carbons (Fsp3) is 0.448. The second-order valence-corrected chi connectivity index (χ2v) is 9.50. The number of carboxylic acid groups (broad SMARTS) is 1. The largest absolute Gasteiger partial charge is 0.493 e. The molecule has 11 nitrogen and oxygen atoms in total.